The van der Waals surface area contributed by atoms with E-state index in [1.54, 1.807) is 38.1 Å². The van der Waals surface area contributed by atoms with E-state index in [1.165, 1.54) is 4.31 Å². The van der Waals surface area contributed by atoms with Crippen molar-refractivity contribution >= 4 is 21.6 Å². The average Bonchev–Trinajstić information content (AvgIpc) is 3.07. The van der Waals surface area contributed by atoms with E-state index in [0.29, 0.717) is 24.3 Å². The van der Waals surface area contributed by atoms with Gasteiger partial charge in [0.25, 0.3) is 5.91 Å². The van der Waals surface area contributed by atoms with Gasteiger partial charge >= 0.3 is 0 Å². The molecule has 1 aliphatic heterocycles. The Kier molecular flexibility index (Phi) is 6.01. The molecule has 0 aromatic heterocycles. The maximum absolute atomic E-state index is 12.1. The van der Waals surface area contributed by atoms with Crippen LogP contribution in [-0.2, 0) is 14.8 Å². The van der Waals surface area contributed by atoms with Crippen molar-refractivity contribution < 1.29 is 17.9 Å². The third-order valence-electron chi connectivity index (χ3n) is 3.92. The van der Waals surface area contributed by atoms with Crippen LogP contribution in [0.25, 0.3) is 0 Å². The number of ether oxygens (including phenoxy) is 1. The van der Waals surface area contributed by atoms with Crippen molar-refractivity contribution in [1.82, 2.24) is 5.32 Å². The first kappa shape index (κ1) is 17.7. The van der Waals surface area contributed by atoms with E-state index in [1.807, 2.05) is 0 Å². The molecule has 23 heavy (non-hydrogen) atoms. The van der Waals surface area contributed by atoms with Gasteiger partial charge in [0.05, 0.1) is 17.5 Å². The zero-order chi connectivity index (χ0) is 16.9. The first-order chi connectivity index (χ1) is 11.0. The molecular weight excluding hydrogens is 316 g/mol. The lowest BCUT2D eigenvalue weighted by atomic mass is 10.2. The number of hydrogen-bond acceptors (Lipinski definition) is 4. The molecule has 1 fully saturated rings. The molecule has 1 aromatic carbocycles. The monoisotopic (exact) mass is 340 g/mol. The molecule has 1 heterocycles. The van der Waals surface area contributed by atoms with Gasteiger partial charge in [0.1, 0.15) is 0 Å². The van der Waals surface area contributed by atoms with Gasteiger partial charge in [0, 0.05) is 25.3 Å². The number of nitrogens with zero attached hydrogens (tertiary/aromatic N) is 1. The summed E-state index contributed by atoms with van der Waals surface area (Å²) in [5, 5.41) is 2.85. The van der Waals surface area contributed by atoms with E-state index in [4.69, 9.17) is 4.74 Å². The highest BCUT2D eigenvalue weighted by atomic mass is 32.2. The summed E-state index contributed by atoms with van der Waals surface area (Å²) in [7, 11) is -3.30. The van der Waals surface area contributed by atoms with Crippen molar-refractivity contribution in [2.45, 2.75) is 32.8 Å². The Hall–Kier alpha value is -1.60. The van der Waals surface area contributed by atoms with Gasteiger partial charge in [-0.2, -0.15) is 0 Å². The fourth-order valence-electron chi connectivity index (χ4n) is 2.59. The Bertz CT molecular complexity index is 622. The van der Waals surface area contributed by atoms with Crippen molar-refractivity contribution in [2.75, 3.05) is 29.8 Å². The molecule has 128 valence electrons. The number of rotatable bonds is 7. The zero-order valence-electron chi connectivity index (χ0n) is 13.6. The lowest BCUT2D eigenvalue weighted by molar-refractivity contribution is 0.0858. The number of sulfonamides is 1. The number of benzene rings is 1. The number of anilines is 1. The van der Waals surface area contributed by atoms with Crippen molar-refractivity contribution in [1.29, 1.82) is 0 Å². The second kappa shape index (κ2) is 7.79. The summed E-state index contributed by atoms with van der Waals surface area (Å²) in [5.74, 6) is -0.127. The quantitative estimate of drug-likeness (QED) is 0.821. The Morgan fingerprint density at radius 3 is 2.52 bits per heavy atom. The smallest absolute Gasteiger partial charge is 0.251 e. The second-order valence-corrected chi connectivity index (χ2v) is 7.64. The summed E-state index contributed by atoms with van der Waals surface area (Å²) in [6.07, 6.45) is 2.11. The van der Waals surface area contributed by atoms with E-state index in [9.17, 15) is 13.2 Å². The van der Waals surface area contributed by atoms with E-state index in [-0.39, 0.29) is 17.8 Å². The summed E-state index contributed by atoms with van der Waals surface area (Å²) in [4.78, 5) is 12.1. The maximum atomic E-state index is 12.1. The van der Waals surface area contributed by atoms with E-state index in [2.05, 4.69) is 5.32 Å². The van der Waals surface area contributed by atoms with Crippen molar-refractivity contribution in [3.8, 4) is 0 Å². The number of nitrogens with one attached hydrogen (secondary N) is 1. The molecule has 0 saturated carbocycles. The molecule has 0 radical (unpaired) electrons. The van der Waals surface area contributed by atoms with Gasteiger partial charge < -0.3 is 10.1 Å². The number of amides is 1. The molecule has 1 amide bonds. The molecule has 1 aliphatic rings. The molecule has 2 rings (SSSR count). The van der Waals surface area contributed by atoms with Crippen molar-refractivity contribution in [3.63, 3.8) is 0 Å². The molecule has 1 aromatic rings. The molecule has 1 atom stereocenters. The number of hydrogen-bond donors (Lipinski definition) is 1. The van der Waals surface area contributed by atoms with Crippen LogP contribution in [0.3, 0.4) is 0 Å². The van der Waals surface area contributed by atoms with Gasteiger partial charge in [0.15, 0.2) is 0 Å². The van der Waals surface area contributed by atoms with Crippen LogP contribution in [-0.4, -0.2) is 45.9 Å². The predicted molar refractivity (Wildman–Crippen MR) is 90.2 cm³/mol. The molecule has 0 spiro atoms. The maximum Gasteiger partial charge on any atom is 0.251 e. The van der Waals surface area contributed by atoms with Crippen molar-refractivity contribution in [3.05, 3.63) is 29.8 Å². The topological polar surface area (TPSA) is 75.7 Å². The Labute approximate surface area is 137 Å². The molecule has 7 heteroatoms. The third-order valence-corrected chi connectivity index (χ3v) is 5.79. The number of carbonyl (C=O) groups is 1. The minimum Gasteiger partial charge on any atom is -0.376 e. The van der Waals surface area contributed by atoms with Crippen LogP contribution in [0.4, 0.5) is 5.69 Å². The SMILES string of the molecule is CCN(c1ccc(C(=O)NC[C@H]2CCCO2)cc1)S(=O)(=O)CC. The largest absolute Gasteiger partial charge is 0.376 e. The van der Waals surface area contributed by atoms with Crippen LogP contribution in [0.1, 0.15) is 37.0 Å². The first-order valence-electron chi connectivity index (χ1n) is 7.98. The van der Waals surface area contributed by atoms with Crippen LogP contribution in [0.5, 0.6) is 0 Å². The fourth-order valence-corrected chi connectivity index (χ4v) is 3.74. The Balaban J connectivity index is 2.01. The number of carbonyl (C=O) groups excluding carboxylic acids is 1. The van der Waals surface area contributed by atoms with Crippen LogP contribution in [0.2, 0.25) is 0 Å². The average molecular weight is 340 g/mol. The fraction of sp³-hybridized carbons (Fsp3) is 0.562. The van der Waals surface area contributed by atoms with Crippen LogP contribution >= 0.6 is 0 Å². The van der Waals surface area contributed by atoms with Gasteiger partial charge in [-0.15, -0.1) is 0 Å². The minimum atomic E-state index is -3.30. The molecular formula is C16H24N2O4S. The van der Waals surface area contributed by atoms with Crippen LogP contribution < -0.4 is 9.62 Å². The Morgan fingerprint density at radius 1 is 1.30 bits per heavy atom. The summed E-state index contributed by atoms with van der Waals surface area (Å²) < 4.78 is 30.9. The van der Waals surface area contributed by atoms with Crippen LogP contribution in [0, 0.1) is 0 Å². The molecule has 0 unspecified atom stereocenters. The highest BCUT2D eigenvalue weighted by Gasteiger charge is 2.19. The summed E-state index contributed by atoms with van der Waals surface area (Å²) >= 11 is 0. The lowest BCUT2D eigenvalue weighted by Gasteiger charge is -2.22. The molecule has 1 N–H and O–H groups in total. The van der Waals surface area contributed by atoms with Gasteiger partial charge in [-0.05, 0) is 51.0 Å². The minimum absolute atomic E-state index is 0.0461. The molecule has 6 nitrogen and oxygen atoms in total. The zero-order valence-corrected chi connectivity index (χ0v) is 14.4. The van der Waals surface area contributed by atoms with Crippen LogP contribution in [0.15, 0.2) is 24.3 Å². The standard InChI is InChI=1S/C16H24N2O4S/c1-3-18(23(20,21)4-2)14-9-7-13(8-10-14)16(19)17-12-15-6-5-11-22-15/h7-10,15H,3-6,11-12H2,1-2H3,(H,17,19)/t15-/m1/s1. The Morgan fingerprint density at radius 2 is 2.00 bits per heavy atom. The van der Waals surface area contributed by atoms with Gasteiger partial charge in [-0.25, -0.2) is 8.42 Å². The van der Waals surface area contributed by atoms with E-state index < -0.39 is 10.0 Å². The van der Waals surface area contributed by atoms with E-state index in [0.717, 1.165) is 19.4 Å². The first-order valence-corrected chi connectivity index (χ1v) is 9.59. The lowest BCUT2D eigenvalue weighted by Crippen LogP contribution is -2.33. The second-order valence-electron chi connectivity index (χ2n) is 5.46. The van der Waals surface area contributed by atoms with Gasteiger partial charge in [0.2, 0.25) is 10.0 Å². The third kappa shape index (κ3) is 4.45. The van der Waals surface area contributed by atoms with Crippen molar-refractivity contribution in [2.24, 2.45) is 0 Å². The highest BCUT2D eigenvalue weighted by Crippen LogP contribution is 2.19. The highest BCUT2D eigenvalue weighted by molar-refractivity contribution is 7.92. The molecule has 1 saturated heterocycles. The molecule has 0 bridgehead atoms. The summed E-state index contributed by atoms with van der Waals surface area (Å²) in [5.41, 5.74) is 1.08. The van der Waals surface area contributed by atoms with Gasteiger partial charge in [-0.3, -0.25) is 9.10 Å². The summed E-state index contributed by atoms with van der Waals surface area (Å²) in [6.45, 7) is 5.03. The van der Waals surface area contributed by atoms with Gasteiger partial charge in [-0.1, -0.05) is 0 Å². The predicted octanol–water partition coefficient (Wildman–Crippen LogP) is 1.77. The van der Waals surface area contributed by atoms with E-state index >= 15 is 0 Å². The molecule has 0 aliphatic carbocycles. The normalized spacial score (nSPS) is 17.9. The summed E-state index contributed by atoms with van der Waals surface area (Å²) in [6, 6.07) is 6.62.